The van der Waals surface area contributed by atoms with E-state index in [4.69, 9.17) is 11.6 Å². The molecule has 0 saturated heterocycles. The predicted molar refractivity (Wildman–Crippen MR) is 60.9 cm³/mol. The summed E-state index contributed by atoms with van der Waals surface area (Å²) in [4.78, 5) is 3.87. The van der Waals surface area contributed by atoms with Gasteiger partial charge in [0, 0.05) is 24.2 Å². The lowest BCUT2D eigenvalue weighted by molar-refractivity contribution is 0.391. The maximum absolute atomic E-state index is 11.8. The van der Waals surface area contributed by atoms with Gasteiger partial charge in [0.15, 0.2) is 5.03 Å². The van der Waals surface area contributed by atoms with Gasteiger partial charge in [0.2, 0.25) is 0 Å². The first-order valence-corrected chi connectivity index (χ1v) is 7.11. The van der Waals surface area contributed by atoms with Crippen LogP contribution < -0.4 is 4.72 Å². The Kier molecular flexibility index (Phi) is 3.23. The van der Waals surface area contributed by atoms with Crippen LogP contribution in [-0.2, 0) is 16.6 Å². The van der Waals surface area contributed by atoms with Crippen LogP contribution in [0.5, 0.6) is 0 Å². The van der Waals surface area contributed by atoms with Crippen LogP contribution in [0.25, 0.3) is 0 Å². The highest BCUT2D eigenvalue weighted by molar-refractivity contribution is 7.89. The van der Waals surface area contributed by atoms with E-state index in [0.29, 0.717) is 19.4 Å². The Balaban J connectivity index is 2.06. The lowest BCUT2D eigenvalue weighted by atomic mass is 9.94. The number of imidazole rings is 1. The zero-order valence-corrected chi connectivity index (χ0v) is 10.5. The normalized spacial score (nSPS) is 25.4. The van der Waals surface area contributed by atoms with E-state index in [1.54, 1.807) is 4.57 Å². The molecule has 0 unspecified atom stereocenters. The number of aryl methyl sites for hydroxylation is 1. The number of halogens is 1. The van der Waals surface area contributed by atoms with E-state index in [9.17, 15) is 8.42 Å². The van der Waals surface area contributed by atoms with Crippen molar-refractivity contribution in [1.29, 1.82) is 0 Å². The molecular formula is C9H14ClN3O2S. The highest BCUT2D eigenvalue weighted by Gasteiger charge is 2.32. The standard InChI is InChI=1S/C9H14ClN3O2S/c1-2-13-5-9(11-6-13)16(14,15)12-8-3-7(10)4-8/h5-8,12H,2-4H2,1H3. The molecule has 0 amide bonds. The van der Waals surface area contributed by atoms with Crippen LogP contribution in [0.15, 0.2) is 17.6 Å². The van der Waals surface area contributed by atoms with Crippen molar-refractivity contribution in [3.8, 4) is 0 Å². The number of nitrogens with one attached hydrogen (secondary N) is 1. The molecule has 2 rings (SSSR count). The Hall–Kier alpha value is -0.590. The molecule has 1 saturated carbocycles. The van der Waals surface area contributed by atoms with Crippen LogP contribution in [0.2, 0.25) is 0 Å². The first kappa shape index (κ1) is 11.9. The van der Waals surface area contributed by atoms with Gasteiger partial charge in [-0.05, 0) is 19.8 Å². The minimum absolute atomic E-state index is 0.0423. The zero-order valence-electron chi connectivity index (χ0n) is 8.93. The zero-order chi connectivity index (χ0) is 11.8. The van der Waals surface area contributed by atoms with E-state index in [1.807, 2.05) is 6.92 Å². The summed E-state index contributed by atoms with van der Waals surface area (Å²) < 4.78 is 28.0. The van der Waals surface area contributed by atoms with E-state index in [2.05, 4.69) is 9.71 Å². The molecule has 1 fully saturated rings. The van der Waals surface area contributed by atoms with Gasteiger partial charge in [0.1, 0.15) is 0 Å². The van der Waals surface area contributed by atoms with Crippen molar-refractivity contribution in [2.45, 2.75) is 42.8 Å². The quantitative estimate of drug-likeness (QED) is 0.823. The predicted octanol–water partition coefficient (Wildman–Crippen LogP) is 0.951. The smallest absolute Gasteiger partial charge is 0.259 e. The SMILES string of the molecule is CCn1cnc(S(=O)(=O)NC2CC(Cl)C2)c1. The van der Waals surface area contributed by atoms with Crippen molar-refractivity contribution in [1.82, 2.24) is 14.3 Å². The average molecular weight is 264 g/mol. The summed E-state index contributed by atoms with van der Waals surface area (Å²) in [5.41, 5.74) is 0. The van der Waals surface area contributed by atoms with E-state index >= 15 is 0 Å². The number of aromatic nitrogens is 2. The molecule has 0 radical (unpaired) electrons. The molecule has 0 aliphatic heterocycles. The largest absolute Gasteiger partial charge is 0.336 e. The van der Waals surface area contributed by atoms with Crippen molar-refractivity contribution >= 4 is 21.6 Å². The van der Waals surface area contributed by atoms with Gasteiger partial charge in [-0.15, -0.1) is 11.6 Å². The van der Waals surface area contributed by atoms with Crippen molar-refractivity contribution in [2.24, 2.45) is 0 Å². The van der Waals surface area contributed by atoms with E-state index in [0.717, 1.165) is 0 Å². The first-order valence-electron chi connectivity index (χ1n) is 5.19. The molecule has 0 atom stereocenters. The van der Waals surface area contributed by atoms with Crippen molar-refractivity contribution in [3.05, 3.63) is 12.5 Å². The summed E-state index contributed by atoms with van der Waals surface area (Å²) in [6.45, 7) is 2.63. The van der Waals surface area contributed by atoms with Crippen LogP contribution in [0, 0.1) is 0 Å². The monoisotopic (exact) mass is 263 g/mol. The molecule has 1 N–H and O–H groups in total. The summed E-state index contributed by atoms with van der Waals surface area (Å²) in [5.74, 6) is 0. The molecular weight excluding hydrogens is 250 g/mol. The summed E-state index contributed by atoms with van der Waals surface area (Å²) in [7, 11) is -3.47. The van der Waals surface area contributed by atoms with Crippen LogP contribution in [0.1, 0.15) is 19.8 Å². The second-order valence-corrected chi connectivity index (χ2v) is 6.21. The maximum atomic E-state index is 11.8. The summed E-state index contributed by atoms with van der Waals surface area (Å²) in [5, 5.41) is 0.174. The lowest BCUT2D eigenvalue weighted by Crippen LogP contribution is -2.44. The van der Waals surface area contributed by atoms with Gasteiger partial charge in [-0.2, -0.15) is 0 Å². The Bertz CT molecular complexity index is 465. The Morgan fingerprint density at radius 1 is 1.62 bits per heavy atom. The van der Waals surface area contributed by atoms with Gasteiger partial charge in [-0.1, -0.05) is 0 Å². The molecule has 90 valence electrons. The topological polar surface area (TPSA) is 64.0 Å². The molecule has 0 aromatic carbocycles. The van der Waals surface area contributed by atoms with Crippen LogP contribution in [-0.4, -0.2) is 29.4 Å². The molecule has 1 heterocycles. The fourth-order valence-corrected chi connectivity index (χ4v) is 3.22. The fraction of sp³-hybridized carbons (Fsp3) is 0.667. The molecule has 1 aliphatic carbocycles. The van der Waals surface area contributed by atoms with E-state index < -0.39 is 10.0 Å². The van der Waals surface area contributed by atoms with E-state index in [-0.39, 0.29) is 16.4 Å². The van der Waals surface area contributed by atoms with Gasteiger partial charge in [-0.25, -0.2) is 18.1 Å². The number of nitrogens with zero attached hydrogens (tertiary/aromatic N) is 2. The third-order valence-corrected chi connectivity index (χ3v) is 4.41. The Morgan fingerprint density at radius 3 is 2.81 bits per heavy atom. The minimum Gasteiger partial charge on any atom is -0.336 e. The van der Waals surface area contributed by atoms with Gasteiger partial charge >= 0.3 is 0 Å². The second kappa shape index (κ2) is 4.35. The van der Waals surface area contributed by atoms with E-state index in [1.165, 1.54) is 12.5 Å². The number of alkyl halides is 1. The van der Waals surface area contributed by atoms with Gasteiger partial charge in [0.25, 0.3) is 10.0 Å². The highest BCUT2D eigenvalue weighted by Crippen LogP contribution is 2.26. The lowest BCUT2D eigenvalue weighted by Gasteiger charge is -2.30. The number of hydrogen-bond donors (Lipinski definition) is 1. The Labute approximate surface area is 99.9 Å². The van der Waals surface area contributed by atoms with Gasteiger partial charge in [-0.3, -0.25) is 0 Å². The molecule has 1 aromatic heterocycles. The second-order valence-electron chi connectivity index (χ2n) is 3.93. The van der Waals surface area contributed by atoms with Gasteiger partial charge < -0.3 is 4.57 Å². The summed E-state index contributed by atoms with van der Waals surface area (Å²) in [6, 6.07) is -0.0423. The molecule has 1 aliphatic rings. The first-order chi connectivity index (χ1) is 7.51. The Morgan fingerprint density at radius 2 is 2.31 bits per heavy atom. The number of hydrogen-bond acceptors (Lipinski definition) is 3. The summed E-state index contributed by atoms with van der Waals surface area (Å²) in [6.07, 6.45) is 4.42. The molecule has 0 spiro atoms. The van der Waals surface area contributed by atoms with Crippen LogP contribution >= 0.6 is 11.6 Å². The van der Waals surface area contributed by atoms with Crippen LogP contribution in [0.3, 0.4) is 0 Å². The number of sulfonamides is 1. The molecule has 0 bridgehead atoms. The van der Waals surface area contributed by atoms with Crippen molar-refractivity contribution in [3.63, 3.8) is 0 Å². The van der Waals surface area contributed by atoms with Crippen molar-refractivity contribution in [2.75, 3.05) is 0 Å². The fourth-order valence-electron chi connectivity index (χ4n) is 1.58. The molecule has 1 aromatic rings. The molecule has 7 heteroatoms. The third kappa shape index (κ3) is 2.39. The molecule has 5 nitrogen and oxygen atoms in total. The highest BCUT2D eigenvalue weighted by atomic mass is 35.5. The minimum atomic E-state index is -3.47. The maximum Gasteiger partial charge on any atom is 0.259 e. The average Bonchev–Trinajstić information content (AvgIpc) is 2.63. The molecule has 16 heavy (non-hydrogen) atoms. The number of rotatable bonds is 4. The van der Waals surface area contributed by atoms with Crippen LogP contribution in [0.4, 0.5) is 0 Å². The van der Waals surface area contributed by atoms with Crippen molar-refractivity contribution < 1.29 is 8.42 Å². The summed E-state index contributed by atoms with van der Waals surface area (Å²) >= 11 is 5.79. The van der Waals surface area contributed by atoms with Gasteiger partial charge in [0.05, 0.1) is 6.33 Å². The third-order valence-electron chi connectivity index (χ3n) is 2.65.